The summed E-state index contributed by atoms with van der Waals surface area (Å²) in [6.45, 7) is 8.17. The number of hydrogen-bond acceptors (Lipinski definition) is 3. The number of benzene rings is 1. The second-order valence-corrected chi connectivity index (χ2v) is 4.95. The Balaban J connectivity index is 2.14. The molecule has 3 nitrogen and oxygen atoms in total. The summed E-state index contributed by atoms with van der Waals surface area (Å²) in [6.07, 6.45) is 0.513. The number of rotatable bonds is 2. The lowest BCUT2D eigenvalue weighted by atomic mass is 10.0. The van der Waals surface area contributed by atoms with Crippen LogP contribution in [0.25, 0.3) is 0 Å². The van der Waals surface area contributed by atoms with Crippen molar-refractivity contribution in [3.8, 4) is 5.75 Å². The molecule has 1 N–H and O–H groups in total. The van der Waals surface area contributed by atoms with E-state index in [1.807, 2.05) is 18.2 Å². The number of morpholine rings is 1. The van der Waals surface area contributed by atoms with Crippen LogP contribution < -0.4 is 0 Å². The molecule has 0 aromatic heterocycles. The van der Waals surface area contributed by atoms with Crippen molar-refractivity contribution in [1.29, 1.82) is 0 Å². The minimum absolute atomic E-state index is 0.227. The van der Waals surface area contributed by atoms with E-state index in [1.54, 1.807) is 6.07 Å². The molecule has 1 unspecified atom stereocenters. The van der Waals surface area contributed by atoms with Gasteiger partial charge in [-0.3, -0.25) is 4.90 Å². The van der Waals surface area contributed by atoms with Gasteiger partial charge in [0.25, 0.3) is 0 Å². The van der Waals surface area contributed by atoms with Crippen molar-refractivity contribution in [2.24, 2.45) is 0 Å². The van der Waals surface area contributed by atoms with Gasteiger partial charge in [0.1, 0.15) is 5.75 Å². The number of hydrogen-bond donors (Lipinski definition) is 1. The van der Waals surface area contributed by atoms with E-state index < -0.39 is 0 Å². The highest BCUT2D eigenvalue weighted by atomic mass is 16.5. The Morgan fingerprint density at radius 2 is 1.82 bits per heavy atom. The maximum Gasteiger partial charge on any atom is 0.120 e. The van der Waals surface area contributed by atoms with E-state index in [9.17, 15) is 5.11 Å². The monoisotopic (exact) mass is 235 g/mol. The molecule has 1 aliphatic heterocycles. The zero-order chi connectivity index (χ0) is 12.4. The van der Waals surface area contributed by atoms with Crippen molar-refractivity contribution in [3.63, 3.8) is 0 Å². The summed E-state index contributed by atoms with van der Waals surface area (Å²) in [7, 11) is 0. The molecule has 1 aromatic rings. The van der Waals surface area contributed by atoms with E-state index in [4.69, 9.17) is 4.74 Å². The van der Waals surface area contributed by atoms with Crippen molar-refractivity contribution in [2.45, 2.75) is 39.0 Å². The fraction of sp³-hybridized carbons (Fsp3) is 0.571. The van der Waals surface area contributed by atoms with Crippen molar-refractivity contribution in [3.05, 3.63) is 29.8 Å². The Bertz CT molecular complexity index is 370. The summed E-state index contributed by atoms with van der Waals surface area (Å²) in [6, 6.07) is 7.80. The molecule has 0 spiro atoms. The number of phenols is 1. The fourth-order valence-corrected chi connectivity index (χ4v) is 2.57. The van der Waals surface area contributed by atoms with Gasteiger partial charge in [-0.25, -0.2) is 0 Å². The SMILES string of the molecule is CC(c1ccccc1O)N1C[C@@H](C)O[C@@H](C)C1. The Kier molecular flexibility index (Phi) is 3.69. The summed E-state index contributed by atoms with van der Waals surface area (Å²) < 4.78 is 5.73. The number of phenolic OH excluding ortho intramolecular Hbond substituents is 1. The first-order chi connectivity index (χ1) is 8.08. The van der Waals surface area contributed by atoms with Gasteiger partial charge in [0.05, 0.1) is 12.2 Å². The van der Waals surface area contributed by atoms with E-state index in [0.717, 1.165) is 18.7 Å². The van der Waals surface area contributed by atoms with Gasteiger partial charge in [-0.2, -0.15) is 0 Å². The van der Waals surface area contributed by atoms with E-state index in [2.05, 4.69) is 25.7 Å². The molecule has 3 heteroatoms. The van der Waals surface area contributed by atoms with Gasteiger partial charge in [-0.05, 0) is 26.8 Å². The van der Waals surface area contributed by atoms with Gasteiger partial charge < -0.3 is 9.84 Å². The van der Waals surface area contributed by atoms with Gasteiger partial charge in [-0.15, -0.1) is 0 Å². The molecule has 1 fully saturated rings. The van der Waals surface area contributed by atoms with Crippen molar-refractivity contribution >= 4 is 0 Å². The zero-order valence-corrected chi connectivity index (χ0v) is 10.8. The highest BCUT2D eigenvalue weighted by molar-refractivity contribution is 5.34. The zero-order valence-electron chi connectivity index (χ0n) is 10.8. The number of nitrogens with zero attached hydrogens (tertiary/aromatic N) is 1. The molecule has 0 saturated carbocycles. The summed E-state index contributed by atoms with van der Waals surface area (Å²) >= 11 is 0. The van der Waals surface area contributed by atoms with E-state index >= 15 is 0 Å². The smallest absolute Gasteiger partial charge is 0.120 e. The normalized spacial score (nSPS) is 27.9. The lowest BCUT2D eigenvalue weighted by molar-refractivity contribution is -0.0791. The average Bonchev–Trinajstić information content (AvgIpc) is 2.27. The first-order valence-electron chi connectivity index (χ1n) is 6.25. The van der Waals surface area contributed by atoms with Crippen LogP contribution in [0.1, 0.15) is 32.4 Å². The minimum atomic E-state index is 0.227. The predicted molar refractivity (Wildman–Crippen MR) is 68.1 cm³/mol. The molecule has 0 amide bonds. The van der Waals surface area contributed by atoms with Gasteiger partial charge >= 0.3 is 0 Å². The molecule has 1 saturated heterocycles. The van der Waals surface area contributed by atoms with Crippen LogP contribution in [0.4, 0.5) is 0 Å². The molecule has 94 valence electrons. The molecule has 1 aliphatic rings. The number of ether oxygens (including phenoxy) is 1. The summed E-state index contributed by atoms with van der Waals surface area (Å²) in [5.74, 6) is 0.381. The average molecular weight is 235 g/mol. The van der Waals surface area contributed by atoms with Gasteiger partial charge in [-0.1, -0.05) is 18.2 Å². The second kappa shape index (κ2) is 5.07. The van der Waals surface area contributed by atoms with Crippen LogP contribution in [0.2, 0.25) is 0 Å². The van der Waals surface area contributed by atoms with Crippen LogP contribution >= 0.6 is 0 Å². The van der Waals surface area contributed by atoms with E-state index in [-0.39, 0.29) is 18.2 Å². The van der Waals surface area contributed by atoms with Crippen LogP contribution in [-0.4, -0.2) is 35.3 Å². The van der Waals surface area contributed by atoms with Gasteiger partial charge in [0.2, 0.25) is 0 Å². The second-order valence-electron chi connectivity index (χ2n) is 4.95. The Hall–Kier alpha value is -1.06. The summed E-state index contributed by atoms with van der Waals surface area (Å²) in [5, 5.41) is 9.89. The maximum absolute atomic E-state index is 9.89. The Morgan fingerprint density at radius 3 is 2.41 bits per heavy atom. The highest BCUT2D eigenvalue weighted by Gasteiger charge is 2.27. The molecule has 0 bridgehead atoms. The van der Waals surface area contributed by atoms with E-state index in [1.165, 1.54) is 0 Å². The third-order valence-corrected chi connectivity index (χ3v) is 3.38. The highest BCUT2D eigenvalue weighted by Crippen LogP contribution is 2.29. The van der Waals surface area contributed by atoms with Crippen molar-refractivity contribution in [2.75, 3.05) is 13.1 Å². The fourth-order valence-electron chi connectivity index (χ4n) is 2.57. The van der Waals surface area contributed by atoms with Crippen molar-refractivity contribution < 1.29 is 9.84 Å². The van der Waals surface area contributed by atoms with Crippen LogP contribution in [0.5, 0.6) is 5.75 Å². The first kappa shape index (κ1) is 12.4. The number of aromatic hydroxyl groups is 1. The maximum atomic E-state index is 9.89. The Labute approximate surface area is 103 Å². The molecule has 1 aromatic carbocycles. The molecule has 1 heterocycles. The van der Waals surface area contributed by atoms with E-state index in [0.29, 0.717) is 5.75 Å². The van der Waals surface area contributed by atoms with Gasteiger partial charge in [0.15, 0.2) is 0 Å². The molecule has 0 aliphatic carbocycles. The Morgan fingerprint density at radius 1 is 1.24 bits per heavy atom. The summed E-state index contributed by atoms with van der Waals surface area (Å²) in [5.41, 5.74) is 0.994. The topological polar surface area (TPSA) is 32.7 Å². The largest absolute Gasteiger partial charge is 0.508 e. The lowest BCUT2D eigenvalue weighted by Gasteiger charge is -2.39. The van der Waals surface area contributed by atoms with Crippen LogP contribution in [0, 0.1) is 0 Å². The van der Waals surface area contributed by atoms with Crippen molar-refractivity contribution in [1.82, 2.24) is 4.90 Å². The third kappa shape index (κ3) is 2.79. The molecule has 2 rings (SSSR count). The molecule has 0 radical (unpaired) electrons. The summed E-state index contributed by atoms with van der Waals surface area (Å²) in [4.78, 5) is 2.37. The quantitative estimate of drug-likeness (QED) is 0.855. The minimum Gasteiger partial charge on any atom is -0.508 e. The van der Waals surface area contributed by atoms with Crippen LogP contribution in [0.3, 0.4) is 0 Å². The molecule has 17 heavy (non-hydrogen) atoms. The van der Waals surface area contributed by atoms with Gasteiger partial charge in [0, 0.05) is 24.7 Å². The standard InChI is InChI=1S/C14H21NO2/c1-10-8-15(9-11(2)17-10)12(3)13-6-4-5-7-14(13)16/h4-7,10-12,16H,8-9H2,1-3H3/t10-,11+,12?. The molecular formula is C14H21NO2. The number of para-hydroxylation sites is 1. The first-order valence-corrected chi connectivity index (χ1v) is 6.25. The molecule has 3 atom stereocenters. The van der Waals surface area contributed by atoms with Crippen LogP contribution in [0.15, 0.2) is 24.3 Å². The van der Waals surface area contributed by atoms with Crippen LogP contribution in [-0.2, 0) is 4.74 Å². The predicted octanol–water partition coefficient (Wildman–Crippen LogP) is 2.56. The lowest BCUT2D eigenvalue weighted by Crippen LogP contribution is -2.46. The molecular weight excluding hydrogens is 214 g/mol. The third-order valence-electron chi connectivity index (χ3n) is 3.38.